The summed E-state index contributed by atoms with van der Waals surface area (Å²) in [6.07, 6.45) is 10.8. The lowest BCUT2D eigenvalue weighted by atomic mass is 10.2. The number of pyridine rings is 2. The molecular formula is C16H14N4S. The molecule has 3 aromatic heterocycles. The third kappa shape index (κ3) is 2.50. The summed E-state index contributed by atoms with van der Waals surface area (Å²) in [4.78, 5) is 14.4. The van der Waals surface area contributed by atoms with Gasteiger partial charge in [-0.3, -0.25) is 4.98 Å². The molecule has 3 aromatic rings. The van der Waals surface area contributed by atoms with E-state index in [-0.39, 0.29) is 0 Å². The highest BCUT2D eigenvalue weighted by Gasteiger charge is 2.14. The van der Waals surface area contributed by atoms with Crippen molar-refractivity contribution in [2.75, 3.05) is 5.75 Å². The minimum absolute atomic E-state index is 0.611. The number of aryl methyl sites for hydroxylation is 2. The zero-order chi connectivity index (χ0) is 14.8. The molecule has 0 aliphatic rings. The van der Waals surface area contributed by atoms with Crippen molar-refractivity contribution < 1.29 is 0 Å². The fourth-order valence-corrected chi connectivity index (χ4v) is 2.91. The fourth-order valence-electron chi connectivity index (χ4n) is 2.22. The van der Waals surface area contributed by atoms with Gasteiger partial charge in [0.1, 0.15) is 11.3 Å². The van der Waals surface area contributed by atoms with E-state index in [2.05, 4.69) is 15.9 Å². The number of fused-ring (bicyclic) bond motifs is 1. The number of nitrogens with zero attached hydrogens (tertiary/aromatic N) is 4. The Morgan fingerprint density at radius 2 is 2.24 bits per heavy atom. The maximum Gasteiger partial charge on any atom is 0.160 e. The summed E-state index contributed by atoms with van der Waals surface area (Å²) in [5.74, 6) is 4.13. The lowest BCUT2D eigenvalue weighted by Gasteiger charge is -2.07. The van der Waals surface area contributed by atoms with Crippen LogP contribution in [0.4, 0.5) is 0 Å². The van der Waals surface area contributed by atoms with Gasteiger partial charge in [0.25, 0.3) is 0 Å². The highest BCUT2D eigenvalue weighted by molar-refractivity contribution is 7.99. The summed E-state index contributed by atoms with van der Waals surface area (Å²) in [6.45, 7) is 2.02. The molecule has 0 saturated heterocycles. The molecule has 0 amide bonds. The van der Waals surface area contributed by atoms with Gasteiger partial charge in [0.05, 0.1) is 5.75 Å². The Hall–Kier alpha value is -2.32. The fraction of sp³-hybridized carbons (Fsp3) is 0.188. The molecule has 104 valence electrons. The van der Waals surface area contributed by atoms with Gasteiger partial charge in [-0.05, 0) is 24.6 Å². The van der Waals surface area contributed by atoms with Gasteiger partial charge in [-0.15, -0.1) is 18.2 Å². The van der Waals surface area contributed by atoms with Gasteiger partial charge in [0.2, 0.25) is 0 Å². The van der Waals surface area contributed by atoms with E-state index >= 15 is 0 Å². The van der Waals surface area contributed by atoms with Gasteiger partial charge in [-0.1, -0.05) is 5.92 Å². The maximum atomic E-state index is 5.35. The molecule has 0 spiro atoms. The molecule has 0 unspecified atom stereocenters. The van der Waals surface area contributed by atoms with Crippen molar-refractivity contribution in [1.29, 1.82) is 0 Å². The van der Waals surface area contributed by atoms with Crippen LogP contribution in [0.25, 0.3) is 22.6 Å². The second-order valence-corrected chi connectivity index (χ2v) is 5.73. The van der Waals surface area contributed by atoms with E-state index in [1.54, 1.807) is 18.0 Å². The third-order valence-corrected chi connectivity index (χ3v) is 4.13. The molecule has 0 saturated carbocycles. The summed E-state index contributed by atoms with van der Waals surface area (Å²) in [5.41, 5.74) is 3.91. The molecule has 0 fully saturated rings. The van der Waals surface area contributed by atoms with Crippen LogP contribution in [-0.4, -0.2) is 25.3 Å². The Labute approximate surface area is 127 Å². The number of aromatic nitrogens is 4. The van der Waals surface area contributed by atoms with Crippen molar-refractivity contribution in [1.82, 2.24) is 19.5 Å². The highest BCUT2D eigenvalue weighted by atomic mass is 32.2. The van der Waals surface area contributed by atoms with E-state index < -0.39 is 0 Å². The maximum absolute atomic E-state index is 5.35. The number of rotatable bonds is 3. The largest absolute Gasteiger partial charge is 0.312 e. The monoisotopic (exact) mass is 294 g/mol. The lowest BCUT2D eigenvalue weighted by molar-refractivity contribution is 0.936. The highest BCUT2D eigenvalue weighted by Crippen LogP contribution is 2.31. The van der Waals surface area contributed by atoms with Crippen LogP contribution in [0.15, 0.2) is 35.6 Å². The number of thioether (sulfide) groups is 1. The van der Waals surface area contributed by atoms with E-state index in [1.165, 1.54) is 0 Å². The van der Waals surface area contributed by atoms with Gasteiger partial charge < -0.3 is 4.57 Å². The summed E-state index contributed by atoms with van der Waals surface area (Å²) in [7, 11) is 1.98. The molecule has 3 rings (SSSR count). The van der Waals surface area contributed by atoms with Crippen molar-refractivity contribution in [3.05, 3.63) is 36.3 Å². The van der Waals surface area contributed by atoms with Crippen LogP contribution in [0.1, 0.15) is 5.56 Å². The average molecular weight is 294 g/mol. The summed E-state index contributed by atoms with van der Waals surface area (Å²) >= 11 is 1.59. The second-order valence-electron chi connectivity index (χ2n) is 4.71. The first-order valence-corrected chi connectivity index (χ1v) is 7.49. The third-order valence-electron chi connectivity index (χ3n) is 3.18. The predicted octanol–water partition coefficient (Wildman–Crippen LogP) is 3.06. The van der Waals surface area contributed by atoms with Crippen molar-refractivity contribution in [3.8, 4) is 23.7 Å². The Bertz CT molecular complexity index is 845. The van der Waals surface area contributed by atoms with Crippen molar-refractivity contribution in [3.63, 3.8) is 0 Å². The minimum Gasteiger partial charge on any atom is -0.312 e. The Morgan fingerprint density at radius 1 is 1.38 bits per heavy atom. The van der Waals surface area contributed by atoms with E-state index in [1.807, 2.05) is 43.1 Å². The van der Waals surface area contributed by atoms with E-state index in [0.717, 1.165) is 33.0 Å². The van der Waals surface area contributed by atoms with E-state index in [0.29, 0.717) is 5.75 Å². The molecule has 5 heteroatoms. The van der Waals surface area contributed by atoms with Crippen LogP contribution in [0, 0.1) is 19.3 Å². The summed E-state index contributed by atoms with van der Waals surface area (Å²) < 4.78 is 2.00. The van der Waals surface area contributed by atoms with Gasteiger partial charge in [-0.2, -0.15) is 0 Å². The zero-order valence-corrected chi connectivity index (χ0v) is 12.7. The smallest absolute Gasteiger partial charge is 0.160 e. The van der Waals surface area contributed by atoms with Crippen molar-refractivity contribution >= 4 is 22.9 Å². The van der Waals surface area contributed by atoms with Crippen LogP contribution in [-0.2, 0) is 7.05 Å². The molecule has 0 bridgehead atoms. The lowest BCUT2D eigenvalue weighted by Crippen LogP contribution is -1.96. The number of terminal acetylenes is 1. The molecule has 21 heavy (non-hydrogen) atoms. The molecule has 0 aliphatic carbocycles. The number of imidazole rings is 1. The van der Waals surface area contributed by atoms with E-state index in [9.17, 15) is 0 Å². The first kappa shape index (κ1) is 13.7. The molecule has 0 N–H and O–H groups in total. The van der Waals surface area contributed by atoms with Crippen molar-refractivity contribution in [2.45, 2.75) is 11.8 Å². The zero-order valence-electron chi connectivity index (χ0n) is 11.9. The average Bonchev–Trinajstić information content (AvgIpc) is 2.81. The van der Waals surface area contributed by atoms with Crippen molar-refractivity contribution in [2.24, 2.45) is 7.05 Å². The van der Waals surface area contributed by atoms with Crippen LogP contribution >= 0.6 is 11.8 Å². The quantitative estimate of drug-likeness (QED) is 0.550. The van der Waals surface area contributed by atoms with Crippen LogP contribution in [0.5, 0.6) is 0 Å². The SMILES string of the molecule is C#CCSc1cnccc1-c1nc2cc(C)cnc2n1C. The first-order valence-electron chi connectivity index (χ1n) is 6.50. The van der Waals surface area contributed by atoms with Crippen LogP contribution in [0.2, 0.25) is 0 Å². The summed E-state index contributed by atoms with van der Waals surface area (Å²) in [6, 6.07) is 4.01. The topological polar surface area (TPSA) is 43.6 Å². The number of hydrogen-bond acceptors (Lipinski definition) is 4. The van der Waals surface area contributed by atoms with Gasteiger partial charge in [0.15, 0.2) is 5.65 Å². The molecule has 0 atom stereocenters. The molecule has 3 heterocycles. The van der Waals surface area contributed by atoms with Gasteiger partial charge in [0, 0.05) is 36.1 Å². The molecule has 0 aromatic carbocycles. The standard InChI is InChI=1S/C16H14N4S/c1-4-7-21-14-10-17-6-5-12(14)15-19-13-8-11(2)9-18-16(13)20(15)3/h1,5-6,8-10H,7H2,2-3H3. The second kappa shape index (κ2) is 5.58. The molecule has 0 aliphatic heterocycles. The number of hydrogen-bond donors (Lipinski definition) is 0. The molecular weight excluding hydrogens is 280 g/mol. The minimum atomic E-state index is 0.611. The predicted molar refractivity (Wildman–Crippen MR) is 86.0 cm³/mol. The molecule has 0 radical (unpaired) electrons. The van der Waals surface area contributed by atoms with E-state index in [4.69, 9.17) is 11.4 Å². The van der Waals surface area contributed by atoms with Crippen LogP contribution in [0.3, 0.4) is 0 Å². The normalized spacial score (nSPS) is 10.7. The Kier molecular flexibility index (Phi) is 3.63. The Balaban J connectivity index is 2.17. The first-order chi connectivity index (χ1) is 10.2. The van der Waals surface area contributed by atoms with Gasteiger partial charge >= 0.3 is 0 Å². The Morgan fingerprint density at radius 3 is 3.05 bits per heavy atom. The van der Waals surface area contributed by atoms with Gasteiger partial charge in [-0.25, -0.2) is 9.97 Å². The van der Waals surface area contributed by atoms with Crippen LogP contribution < -0.4 is 0 Å². The molecule has 4 nitrogen and oxygen atoms in total. The summed E-state index contributed by atoms with van der Waals surface area (Å²) in [5, 5.41) is 0.